The lowest BCUT2D eigenvalue weighted by Crippen LogP contribution is -2.24. The molecule has 27 heavy (non-hydrogen) atoms. The van der Waals surface area contributed by atoms with Crippen molar-refractivity contribution in [2.45, 2.75) is 11.4 Å². The number of benzene rings is 1. The summed E-state index contributed by atoms with van der Waals surface area (Å²) in [7, 11) is -2.55. The second kappa shape index (κ2) is 8.08. The first kappa shape index (κ1) is 18.7. The van der Waals surface area contributed by atoms with Gasteiger partial charge in [0.05, 0.1) is 12.0 Å². The topological polar surface area (TPSA) is 115 Å². The van der Waals surface area contributed by atoms with Crippen molar-refractivity contribution in [3.8, 4) is 5.82 Å². The Hall–Kier alpha value is -3.08. The molecule has 0 aliphatic heterocycles. The number of hydrogen-bond acceptors (Lipinski definition) is 6. The van der Waals surface area contributed by atoms with E-state index in [-0.39, 0.29) is 10.8 Å². The first-order chi connectivity index (χ1) is 13.0. The summed E-state index contributed by atoms with van der Waals surface area (Å²) in [6.45, 7) is 0.293. The van der Waals surface area contributed by atoms with Gasteiger partial charge in [0.2, 0.25) is 0 Å². The lowest BCUT2D eigenvalue weighted by atomic mass is 10.2. The molecule has 3 rings (SSSR count). The van der Waals surface area contributed by atoms with Gasteiger partial charge in [-0.2, -0.15) is 5.10 Å². The molecule has 0 saturated heterocycles. The third-order valence-corrected chi connectivity index (χ3v) is 4.90. The van der Waals surface area contributed by atoms with Gasteiger partial charge in [-0.15, -0.1) is 0 Å². The van der Waals surface area contributed by atoms with Gasteiger partial charge in [0, 0.05) is 30.7 Å². The van der Waals surface area contributed by atoms with Crippen LogP contribution in [-0.2, 0) is 21.4 Å². The molecule has 0 spiro atoms. The van der Waals surface area contributed by atoms with E-state index in [1.54, 1.807) is 35.4 Å². The molecular weight excluding hydrogens is 370 g/mol. The van der Waals surface area contributed by atoms with Crippen LogP contribution in [0.3, 0.4) is 0 Å². The van der Waals surface area contributed by atoms with Crippen LogP contribution >= 0.6 is 0 Å². The van der Waals surface area contributed by atoms with E-state index in [1.807, 2.05) is 11.0 Å². The number of rotatable bonds is 7. The zero-order valence-electron chi connectivity index (χ0n) is 14.4. The Bertz CT molecular complexity index is 1020. The Kier molecular flexibility index (Phi) is 5.60. The summed E-state index contributed by atoms with van der Waals surface area (Å²) in [5.41, 5.74) is 1.19. The van der Waals surface area contributed by atoms with Gasteiger partial charge in [-0.1, -0.05) is 4.89 Å². The highest BCUT2D eigenvalue weighted by molar-refractivity contribution is 7.89. The molecule has 0 bridgehead atoms. The predicted octanol–water partition coefficient (Wildman–Crippen LogP) is 1.04. The van der Waals surface area contributed by atoms with E-state index in [9.17, 15) is 13.2 Å². The molecule has 0 atom stereocenters. The standard InChI is InChI=1S/C17H17N5O4S/c1-26-21-27(24,25)15-5-3-14(4-6-15)17(23)19-12-13-7-9-18-16(11-13)22-10-2-8-20-22/h2-11,21H,12H2,1H3,(H,19,23). The summed E-state index contributed by atoms with van der Waals surface area (Å²) in [4.78, 5) is 22.9. The zero-order chi connectivity index (χ0) is 19.3. The van der Waals surface area contributed by atoms with Crippen LogP contribution in [0.15, 0.2) is 66.0 Å². The zero-order valence-corrected chi connectivity index (χ0v) is 15.2. The predicted molar refractivity (Wildman–Crippen MR) is 96.3 cm³/mol. The van der Waals surface area contributed by atoms with Crippen molar-refractivity contribution in [2.24, 2.45) is 0 Å². The molecule has 0 unspecified atom stereocenters. The molecule has 0 radical (unpaired) electrons. The third-order valence-electron chi connectivity index (χ3n) is 3.62. The molecule has 10 heteroatoms. The molecule has 9 nitrogen and oxygen atoms in total. The highest BCUT2D eigenvalue weighted by Gasteiger charge is 2.14. The van der Waals surface area contributed by atoms with Crippen LogP contribution in [0.1, 0.15) is 15.9 Å². The number of sulfonamides is 1. The third kappa shape index (κ3) is 4.56. The maximum absolute atomic E-state index is 12.3. The Morgan fingerprint density at radius 2 is 1.96 bits per heavy atom. The molecule has 0 aliphatic carbocycles. The quantitative estimate of drug-likeness (QED) is 0.585. The van der Waals surface area contributed by atoms with E-state index in [4.69, 9.17) is 0 Å². The molecule has 2 aromatic heterocycles. The fraction of sp³-hybridized carbons (Fsp3) is 0.118. The highest BCUT2D eigenvalue weighted by Crippen LogP contribution is 2.11. The maximum Gasteiger partial charge on any atom is 0.262 e. The molecule has 1 aromatic carbocycles. The molecule has 3 aromatic rings. The van der Waals surface area contributed by atoms with E-state index in [0.29, 0.717) is 17.9 Å². The Morgan fingerprint density at radius 1 is 1.19 bits per heavy atom. The Balaban J connectivity index is 1.65. The summed E-state index contributed by atoms with van der Waals surface area (Å²) in [5.74, 6) is 0.322. The molecule has 1 amide bonds. The van der Waals surface area contributed by atoms with Crippen molar-refractivity contribution in [1.82, 2.24) is 25.0 Å². The van der Waals surface area contributed by atoms with Crippen molar-refractivity contribution in [3.63, 3.8) is 0 Å². The smallest absolute Gasteiger partial charge is 0.262 e. The van der Waals surface area contributed by atoms with E-state index in [1.165, 1.54) is 31.4 Å². The van der Waals surface area contributed by atoms with Crippen LogP contribution in [0, 0.1) is 0 Å². The van der Waals surface area contributed by atoms with Gasteiger partial charge in [0.1, 0.15) is 0 Å². The number of hydrogen-bond donors (Lipinski definition) is 2. The average molecular weight is 387 g/mol. The lowest BCUT2D eigenvalue weighted by molar-refractivity contribution is 0.0950. The van der Waals surface area contributed by atoms with Crippen LogP contribution < -0.4 is 10.2 Å². The lowest BCUT2D eigenvalue weighted by Gasteiger charge is -2.08. The molecule has 0 saturated carbocycles. The van der Waals surface area contributed by atoms with Crippen molar-refractivity contribution in [1.29, 1.82) is 0 Å². The number of pyridine rings is 1. The van der Waals surface area contributed by atoms with Crippen LogP contribution in [-0.4, -0.2) is 36.2 Å². The van der Waals surface area contributed by atoms with Gasteiger partial charge in [-0.3, -0.25) is 9.63 Å². The highest BCUT2D eigenvalue weighted by atomic mass is 32.2. The van der Waals surface area contributed by atoms with Crippen molar-refractivity contribution < 1.29 is 18.0 Å². The minimum Gasteiger partial charge on any atom is -0.348 e. The number of carbonyl (C=O) groups is 1. The van der Waals surface area contributed by atoms with Gasteiger partial charge >= 0.3 is 0 Å². The number of amides is 1. The fourth-order valence-corrected chi connectivity index (χ4v) is 3.14. The number of aromatic nitrogens is 3. The molecule has 2 N–H and O–H groups in total. The van der Waals surface area contributed by atoms with Crippen LogP contribution in [0.5, 0.6) is 0 Å². The summed E-state index contributed by atoms with van der Waals surface area (Å²) in [6, 6.07) is 10.9. The fourth-order valence-electron chi connectivity index (χ4n) is 2.33. The first-order valence-corrected chi connectivity index (χ1v) is 9.36. The van der Waals surface area contributed by atoms with Gasteiger partial charge in [-0.25, -0.2) is 18.1 Å². The van der Waals surface area contributed by atoms with Crippen molar-refractivity contribution in [3.05, 3.63) is 72.2 Å². The average Bonchev–Trinajstić information content (AvgIpc) is 3.21. The molecule has 140 valence electrons. The van der Waals surface area contributed by atoms with Gasteiger partial charge < -0.3 is 5.32 Å². The molecule has 2 heterocycles. The van der Waals surface area contributed by atoms with E-state index >= 15 is 0 Å². The molecule has 0 aliphatic rings. The van der Waals surface area contributed by atoms with E-state index in [2.05, 4.69) is 20.2 Å². The summed E-state index contributed by atoms with van der Waals surface area (Å²) in [5, 5.41) is 6.90. The number of nitrogens with one attached hydrogen (secondary N) is 2. The van der Waals surface area contributed by atoms with Crippen molar-refractivity contribution >= 4 is 15.9 Å². The van der Waals surface area contributed by atoms with Crippen LogP contribution in [0.25, 0.3) is 5.82 Å². The summed E-state index contributed by atoms with van der Waals surface area (Å²) in [6.07, 6.45) is 5.07. The molecule has 0 fully saturated rings. The minimum absolute atomic E-state index is 0.00102. The minimum atomic E-state index is -3.75. The van der Waals surface area contributed by atoms with Crippen LogP contribution in [0.4, 0.5) is 0 Å². The number of carbonyl (C=O) groups excluding carboxylic acids is 1. The second-order valence-corrected chi connectivity index (χ2v) is 7.12. The normalized spacial score (nSPS) is 11.3. The Morgan fingerprint density at radius 3 is 2.63 bits per heavy atom. The summed E-state index contributed by atoms with van der Waals surface area (Å²) < 4.78 is 25.2. The SMILES string of the molecule is CONS(=O)(=O)c1ccc(C(=O)NCc2ccnc(-n3cccn3)c2)cc1. The van der Waals surface area contributed by atoms with E-state index in [0.717, 1.165) is 5.56 Å². The maximum atomic E-state index is 12.3. The second-order valence-electron chi connectivity index (χ2n) is 5.47. The van der Waals surface area contributed by atoms with Gasteiger partial charge in [0.25, 0.3) is 15.9 Å². The van der Waals surface area contributed by atoms with Gasteiger partial charge in [-0.05, 0) is 48.0 Å². The number of nitrogens with zero attached hydrogens (tertiary/aromatic N) is 3. The van der Waals surface area contributed by atoms with E-state index < -0.39 is 10.0 Å². The van der Waals surface area contributed by atoms with Gasteiger partial charge in [0.15, 0.2) is 5.82 Å². The monoisotopic (exact) mass is 387 g/mol. The van der Waals surface area contributed by atoms with Crippen LogP contribution in [0.2, 0.25) is 0 Å². The Labute approximate surface area is 156 Å². The largest absolute Gasteiger partial charge is 0.348 e. The molecular formula is C17H17N5O4S. The first-order valence-electron chi connectivity index (χ1n) is 7.87. The summed E-state index contributed by atoms with van der Waals surface area (Å²) >= 11 is 0. The van der Waals surface area contributed by atoms with Crippen molar-refractivity contribution in [2.75, 3.05) is 7.11 Å².